The van der Waals surface area contributed by atoms with E-state index in [9.17, 15) is 9.50 Å². The van der Waals surface area contributed by atoms with Gasteiger partial charge in [-0.1, -0.05) is 19.9 Å². The molecule has 1 aliphatic rings. The fraction of sp³-hybridized carbons (Fsp3) is 0.571. The van der Waals surface area contributed by atoms with Gasteiger partial charge in [0.05, 0.1) is 5.60 Å². The van der Waals surface area contributed by atoms with Crippen molar-refractivity contribution in [3.05, 3.63) is 35.1 Å². The van der Waals surface area contributed by atoms with E-state index < -0.39 is 5.60 Å². The molecule has 0 saturated heterocycles. The van der Waals surface area contributed by atoms with Gasteiger partial charge in [0.25, 0.3) is 0 Å². The topological polar surface area (TPSA) is 20.2 Å². The minimum absolute atomic E-state index is 0.129. The molecule has 0 aromatic heterocycles. The number of aliphatic hydroxyl groups is 1. The predicted octanol–water partition coefficient (Wildman–Crippen LogP) is 3.53. The summed E-state index contributed by atoms with van der Waals surface area (Å²) < 4.78 is 13.1. The van der Waals surface area contributed by atoms with Crippen LogP contribution in [0.25, 0.3) is 0 Å². The Labute approximate surface area is 96.3 Å². The molecule has 1 N–H and O–H groups in total. The predicted molar refractivity (Wildman–Crippen MR) is 62.7 cm³/mol. The van der Waals surface area contributed by atoms with Crippen LogP contribution in [0.3, 0.4) is 0 Å². The lowest BCUT2D eigenvalue weighted by Gasteiger charge is -2.38. The second-order valence-electron chi connectivity index (χ2n) is 5.56. The van der Waals surface area contributed by atoms with Crippen LogP contribution in [0.4, 0.5) is 4.39 Å². The summed E-state index contributed by atoms with van der Waals surface area (Å²) in [7, 11) is 0. The summed E-state index contributed by atoms with van der Waals surface area (Å²) in [6.07, 6.45) is 2.81. The Bertz CT molecular complexity index is 411. The van der Waals surface area contributed by atoms with Crippen LogP contribution >= 0.6 is 0 Å². The molecule has 2 rings (SSSR count). The molecule has 0 aliphatic heterocycles. The molecule has 1 saturated carbocycles. The van der Waals surface area contributed by atoms with Gasteiger partial charge in [-0.15, -0.1) is 0 Å². The lowest BCUT2D eigenvalue weighted by Crippen LogP contribution is -2.37. The molecule has 0 bridgehead atoms. The first-order chi connectivity index (χ1) is 7.37. The molecule has 0 heterocycles. The highest BCUT2D eigenvalue weighted by Crippen LogP contribution is 2.52. The molecule has 0 radical (unpaired) electrons. The molecule has 1 atom stereocenters. The Morgan fingerprint density at radius 3 is 2.44 bits per heavy atom. The maximum atomic E-state index is 13.1. The fourth-order valence-electron chi connectivity index (χ4n) is 2.92. The maximum absolute atomic E-state index is 13.1. The summed E-state index contributed by atoms with van der Waals surface area (Å²) in [6.45, 7) is 6.04. The van der Waals surface area contributed by atoms with E-state index in [4.69, 9.17) is 0 Å². The van der Waals surface area contributed by atoms with Crippen LogP contribution in [-0.2, 0) is 5.60 Å². The van der Waals surface area contributed by atoms with Crippen molar-refractivity contribution in [3.8, 4) is 0 Å². The largest absolute Gasteiger partial charge is 0.385 e. The summed E-state index contributed by atoms with van der Waals surface area (Å²) in [4.78, 5) is 0. The van der Waals surface area contributed by atoms with Crippen LogP contribution in [-0.4, -0.2) is 5.11 Å². The van der Waals surface area contributed by atoms with Gasteiger partial charge in [-0.2, -0.15) is 0 Å². The van der Waals surface area contributed by atoms with E-state index in [1.165, 1.54) is 12.1 Å². The molecular formula is C14H19FO. The zero-order chi connectivity index (χ0) is 12.0. The Morgan fingerprint density at radius 2 is 1.94 bits per heavy atom. The highest BCUT2D eigenvalue weighted by Gasteiger charge is 2.49. The van der Waals surface area contributed by atoms with Gasteiger partial charge in [0, 0.05) is 0 Å². The van der Waals surface area contributed by atoms with Crippen LogP contribution in [0.1, 0.15) is 44.2 Å². The Morgan fingerprint density at radius 1 is 1.25 bits per heavy atom. The molecule has 0 spiro atoms. The van der Waals surface area contributed by atoms with Crippen LogP contribution in [0.2, 0.25) is 0 Å². The smallest absolute Gasteiger partial charge is 0.123 e. The molecule has 88 valence electrons. The van der Waals surface area contributed by atoms with Gasteiger partial charge in [-0.3, -0.25) is 0 Å². The maximum Gasteiger partial charge on any atom is 0.123 e. The Hall–Kier alpha value is -0.890. The number of hydrogen-bond donors (Lipinski definition) is 1. The summed E-state index contributed by atoms with van der Waals surface area (Å²) in [5.41, 5.74) is 0.800. The average molecular weight is 222 g/mol. The standard InChI is InChI=1S/C14H19FO/c1-10-9-11(15)5-6-12(10)14(16)8-4-7-13(14,2)3/h5-6,9,16H,4,7-8H2,1-3H3. The molecule has 2 heteroatoms. The van der Waals surface area contributed by atoms with Crippen molar-refractivity contribution >= 4 is 0 Å². The lowest BCUT2D eigenvalue weighted by molar-refractivity contribution is -0.0490. The normalized spacial score (nSPS) is 28.3. The molecular weight excluding hydrogens is 203 g/mol. The molecule has 16 heavy (non-hydrogen) atoms. The van der Waals surface area contributed by atoms with E-state index in [0.717, 1.165) is 30.4 Å². The van der Waals surface area contributed by atoms with Crippen molar-refractivity contribution in [1.29, 1.82) is 0 Å². The minimum atomic E-state index is -0.801. The van der Waals surface area contributed by atoms with E-state index in [1.807, 2.05) is 6.92 Å². The number of rotatable bonds is 1. The molecule has 1 aromatic rings. The number of halogens is 1. The highest BCUT2D eigenvalue weighted by atomic mass is 19.1. The second-order valence-corrected chi connectivity index (χ2v) is 5.56. The van der Waals surface area contributed by atoms with Gasteiger partial charge in [-0.25, -0.2) is 4.39 Å². The number of hydrogen-bond acceptors (Lipinski definition) is 1. The van der Waals surface area contributed by atoms with Gasteiger partial charge in [0.2, 0.25) is 0 Å². The van der Waals surface area contributed by atoms with E-state index in [2.05, 4.69) is 13.8 Å². The quantitative estimate of drug-likeness (QED) is 0.770. The van der Waals surface area contributed by atoms with Crippen LogP contribution in [0.15, 0.2) is 18.2 Å². The summed E-state index contributed by atoms with van der Waals surface area (Å²) >= 11 is 0. The summed E-state index contributed by atoms with van der Waals surface area (Å²) in [5, 5.41) is 10.8. The Kier molecular flexibility index (Phi) is 2.58. The van der Waals surface area contributed by atoms with Gasteiger partial charge < -0.3 is 5.11 Å². The van der Waals surface area contributed by atoms with Crippen molar-refractivity contribution in [1.82, 2.24) is 0 Å². The first-order valence-corrected chi connectivity index (χ1v) is 5.86. The third-order valence-electron chi connectivity index (χ3n) is 4.09. The monoisotopic (exact) mass is 222 g/mol. The average Bonchev–Trinajstić information content (AvgIpc) is 2.41. The third-order valence-corrected chi connectivity index (χ3v) is 4.09. The van der Waals surface area contributed by atoms with Crippen LogP contribution < -0.4 is 0 Å². The molecule has 0 amide bonds. The van der Waals surface area contributed by atoms with Crippen LogP contribution in [0, 0.1) is 18.2 Å². The SMILES string of the molecule is Cc1cc(F)ccc1C1(O)CCCC1(C)C. The Balaban J connectivity index is 2.51. The second kappa shape index (κ2) is 3.56. The van der Waals surface area contributed by atoms with Crippen molar-refractivity contribution < 1.29 is 9.50 Å². The number of aryl methyl sites for hydroxylation is 1. The van der Waals surface area contributed by atoms with Gasteiger partial charge in [0.1, 0.15) is 5.82 Å². The molecule has 1 nitrogen and oxygen atoms in total. The van der Waals surface area contributed by atoms with Gasteiger partial charge in [0.15, 0.2) is 0 Å². The first-order valence-electron chi connectivity index (χ1n) is 5.86. The number of benzene rings is 1. The molecule has 1 aliphatic carbocycles. The van der Waals surface area contributed by atoms with E-state index >= 15 is 0 Å². The van der Waals surface area contributed by atoms with Crippen molar-refractivity contribution in [2.75, 3.05) is 0 Å². The van der Waals surface area contributed by atoms with Crippen molar-refractivity contribution in [3.63, 3.8) is 0 Å². The van der Waals surface area contributed by atoms with E-state index in [-0.39, 0.29) is 11.2 Å². The molecule has 1 unspecified atom stereocenters. The van der Waals surface area contributed by atoms with Crippen LogP contribution in [0.5, 0.6) is 0 Å². The van der Waals surface area contributed by atoms with E-state index in [0.29, 0.717) is 0 Å². The summed E-state index contributed by atoms with van der Waals surface area (Å²) in [5.74, 6) is -0.236. The molecule has 1 fully saturated rings. The lowest BCUT2D eigenvalue weighted by atomic mass is 9.72. The first kappa shape index (κ1) is 11.6. The molecule has 1 aromatic carbocycles. The minimum Gasteiger partial charge on any atom is -0.385 e. The van der Waals surface area contributed by atoms with Crippen molar-refractivity contribution in [2.24, 2.45) is 5.41 Å². The summed E-state index contributed by atoms with van der Waals surface area (Å²) in [6, 6.07) is 4.67. The highest BCUT2D eigenvalue weighted by molar-refractivity contribution is 5.34. The van der Waals surface area contributed by atoms with Gasteiger partial charge >= 0.3 is 0 Å². The zero-order valence-electron chi connectivity index (χ0n) is 10.2. The van der Waals surface area contributed by atoms with Gasteiger partial charge in [-0.05, 0) is 54.9 Å². The van der Waals surface area contributed by atoms with Crippen molar-refractivity contribution in [2.45, 2.75) is 45.6 Å². The van der Waals surface area contributed by atoms with E-state index in [1.54, 1.807) is 6.07 Å². The zero-order valence-corrected chi connectivity index (χ0v) is 10.2. The third kappa shape index (κ3) is 1.56. The fourth-order valence-corrected chi connectivity index (χ4v) is 2.92.